The number of hydrogen-bond acceptors (Lipinski definition) is 5. The Morgan fingerprint density at radius 1 is 1.26 bits per heavy atom. The van der Waals surface area contributed by atoms with Crippen LogP contribution in [-0.4, -0.2) is 72.7 Å². The van der Waals surface area contributed by atoms with E-state index in [1.54, 1.807) is 16.8 Å². The third-order valence-electron chi connectivity index (χ3n) is 5.02. The van der Waals surface area contributed by atoms with Gasteiger partial charge in [-0.05, 0) is 38.9 Å². The zero-order valence-corrected chi connectivity index (χ0v) is 16.2. The standard InChI is InChI=1S/C20H26N2O5/c1-12-5-6-13(2)18-17(12)14(3)19(27-18)20(25)22-7-8-26-15(10-22)9-21(4)11-16(23)24/h5-6,15H,7-11H2,1-4H3,(H,23,24). The maximum Gasteiger partial charge on any atom is 0.317 e. The lowest BCUT2D eigenvalue weighted by molar-refractivity contribution is -0.138. The largest absolute Gasteiger partial charge is 0.480 e. The van der Waals surface area contributed by atoms with Crippen LogP contribution in [0.1, 0.15) is 27.2 Å². The van der Waals surface area contributed by atoms with Gasteiger partial charge in [0, 0.05) is 30.6 Å². The fourth-order valence-corrected chi connectivity index (χ4v) is 3.68. The Bertz CT molecular complexity index is 873. The minimum absolute atomic E-state index is 0.0605. The summed E-state index contributed by atoms with van der Waals surface area (Å²) in [7, 11) is 1.73. The topological polar surface area (TPSA) is 83.2 Å². The molecule has 146 valence electrons. The minimum atomic E-state index is -0.884. The number of carboxylic acid groups (broad SMARTS) is 1. The lowest BCUT2D eigenvalue weighted by Crippen LogP contribution is -2.49. The molecule has 0 aliphatic carbocycles. The van der Waals surface area contributed by atoms with E-state index in [9.17, 15) is 9.59 Å². The van der Waals surface area contributed by atoms with Crippen LogP contribution in [0, 0.1) is 20.8 Å². The van der Waals surface area contributed by atoms with Crippen molar-refractivity contribution >= 4 is 22.8 Å². The number of nitrogens with zero attached hydrogens (tertiary/aromatic N) is 2. The van der Waals surface area contributed by atoms with Crippen LogP contribution in [0.15, 0.2) is 16.5 Å². The first-order valence-corrected chi connectivity index (χ1v) is 9.08. The quantitative estimate of drug-likeness (QED) is 0.864. The Morgan fingerprint density at radius 2 is 1.96 bits per heavy atom. The van der Waals surface area contributed by atoms with Crippen molar-refractivity contribution in [3.8, 4) is 0 Å². The van der Waals surface area contributed by atoms with Gasteiger partial charge in [0.2, 0.25) is 0 Å². The van der Waals surface area contributed by atoms with Crippen LogP contribution in [0.25, 0.3) is 11.0 Å². The molecule has 0 saturated carbocycles. The molecule has 1 aliphatic rings. The van der Waals surface area contributed by atoms with Gasteiger partial charge in [-0.15, -0.1) is 0 Å². The first kappa shape index (κ1) is 19.4. The lowest BCUT2D eigenvalue weighted by Gasteiger charge is -2.34. The van der Waals surface area contributed by atoms with Crippen molar-refractivity contribution in [1.29, 1.82) is 0 Å². The number of carbonyl (C=O) groups is 2. The number of furan rings is 1. The number of morpholine rings is 1. The number of aliphatic carboxylic acids is 1. The summed E-state index contributed by atoms with van der Waals surface area (Å²) in [6.45, 7) is 7.63. The smallest absolute Gasteiger partial charge is 0.317 e. The second-order valence-corrected chi connectivity index (χ2v) is 7.29. The minimum Gasteiger partial charge on any atom is -0.480 e. The highest BCUT2D eigenvalue weighted by Crippen LogP contribution is 2.31. The van der Waals surface area contributed by atoms with E-state index in [1.807, 2.05) is 32.9 Å². The normalized spacial score (nSPS) is 17.7. The average molecular weight is 374 g/mol. The van der Waals surface area contributed by atoms with Crippen LogP contribution in [0.5, 0.6) is 0 Å². The van der Waals surface area contributed by atoms with Gasteiger partial charge in [-0.1, -0.05) is 12.1 Å². The Hall–Kier alpha value is -2.38. The molecule has 3 rings (SSSR count). The predicted molar refractivity (Wildman–Crippen MR) is 101 cm³/mol. The molecular weight excluding hydrogens is 348 g/mol. The van der Waals surface area contributed by atoms with Crippen LogP contribution in [-0.2, 0) is 9.53 Å². The molecule has 0 bridgehead atoms. The number of likely N-dealkylation sites (N-methyl/N-ethyl adjacent to an activating group) is 1. The highest BCUT2D eigenvalue weighted by molar-refractivity contribution is 6.00. The van der Waals surface area contributed by atoms with Crippen molar-refractivity contribution in [2.24, 2.45) is 0 Å². The van der Waals surface area contributed by atoms with Crippen LogP contribution in [0.4, 0.5) is 0 Å². The monoisotopic (exact) mass is 374 g/mol. The van der Waals surface area contributed by atoms with Crippen molar-refractivity contribution in [3.63, 3.8) is 0 Å². The molecule has 0 radical (unpaired) electrons. The maximum absolute atomic E-state index is 13.1. The van der Waals surface area contributed by atoms with Crippen molar-refractivity contribution in [2.75, 3.05) is 39.8 Å². The number of amides is 1. The van der Waals surface area contributed by atoms with Gasteiger partial charge in [0.15, 0.2) is 5.76 Å². The molecule has 0 spiro atoms. The molecule has 1 fully saturated rings. The average Bonchev–Trinajstić information content (AvgIpc) is 2.96. The zero-order chi connectivity index (χ0) is 19.7. The molecule has 2 heterocycles. The highest BCUT2D eigenvalue weighted by atomic mass is 16.5. The molecule has 1 atom stereocenters. The number of aryl methyl sites for hydroxylation is 3. The van der Waals surface area contributed by atoms with Crippen LogP contribution >= 0.6 is 0 Å². The first-order chi connectivity index (χ1) is 12.8. The van der Waals surface area contributed by atoms with Gasteiger partial charge in [0.1, 0.15) is 5.58 Å². The summed E-state index contributed by atoms with van der Waals surface area (Å²) in [4.78, 5) is 27.3. The second-order valence-electron chi connectivity index (χ2n) is 7.29. The van der Waals surface area contributed by atoms with Crippen LogP contribution < -0.4 is 0 Å². The number of carboxylic acids is 1. The molecule has 1 saturated heterocycles. The Labute approximate surface area is 158 Å². The van der Waals surface area contributed by atoms with Crippen LogP contribution in [0.2, 0.25) is 0 Å². The number of carbonyl (C=O) groups excluding carboxylic acids is 1. The molecule has 1 unspecified atom stereocenters. The van der Waals surface area contributed by atoms with Crippen LogP contribution in [0.3, 0.4) is 0 Å². The molecule has 7 heteroatoms. The van der Waals surface area contributed by atoms with Crippen molar-refractivity contribution in [2.45, 2.75) is 26.9 Å². The van der Waals surface area contributed by atoms with E-state index < -0.39 is 5.97 Å². The number of rotatable bonds is 5. The summed E-state index contributed by atoms with van der Waals surface area (Å²) in [5, 5.41) is 9.89. The van der Waals surface area contributed by atoms with Crippen molar-refractivity contribution in [1.82, 2.24) is 9.80 Å². The summed E-state index contributed by atoms with van der Waals surface area (Å²) in [6, 6.07) is 4.04. The number of benzene rings is 1. The van der Waals surface area contributed by atoms with Gasteiger partial charge in [0.25, 0.3) is 5.91 Å². The summed E-state index contributed by atoms with van der Waals surface area (Å²) < 4.78 is 11.7. The van der Waals surface area contributed by atoms with E-state index in [2.05, 4.69) is 0 Å². The molecule has 2 aromatic rings. The fourth-order valence-electron chi connectivity index (χ4n) is 3.68. The van der Waals surface area contributed by atoms with E-state index in [0.717, 1.165) is 27.7 Å². The summed E-state index contributed by atoms with van der Waals surface area (Å²) in [5.74, 6) is -0.650. The van der Waals surface area contributed by atoms with Gasteiger partial charge >= 0.3 is 5.97 Å². The van der Waals surface area contributed by atoms with Gasteiger partial charge in [-0.2, -0.15) is 0 Å². The van der Waals surface area contributed by atoms with E-state index in [0.29, 0.717) is 32.0 Å². The summed E-state index contributed by atoms with van der Waals surface area (Å²) in [6.07, 6.45) is -0.222. The van der Waals surface area contributed by atoms with Crippen molar-refractivity contribution in [3.05, 3.63) is 34.6 Å². The summed E-state index contributed by atoms with van der Waals surface area (Å²) in [5.41, 5.74) is 3.73. The molecule has 27 heavy (non-hydrogen) atoms. The molecule has 1 aliphatic heterocycles. The predicted octanol–water partition coefficient (Wildman–Crippen LogP) is 2.22. The first-order valence-electron chi connectivity index (χ1n) is 9.08. The Kier molecular flexibility index (Phi) is 5.53. The number of hydrogen-bond donors (Lipinski definition) is 1. The van der Waals surface area contributed by atoms with Gasteiger partial charge < -0.3 is 19.2 Å². The van der Waals surface area contributed by atoms with E-state index >= 15 is 0 Å². The van der Waals surface area contributed by atoms with Crippen molar-refractivity contribution < 1.29 is 23.8 Å². The fraction of sp³-hybridized carbons (Fsp3) is 0.500. The third-order valence-corrected chi connectivity index (χ3v) is 5.02. The van der Waals surface area contributed by atoms with Gasteiger partial charge in [-0.25, -0.2) is 0 Å². The van der Waals surface area contributed by atoms with Gasteiger partial charge in [0.05, 0.1) is 19.3 Å². The number of ether oxygens (including phenoxy) is 1. The number of fused-ring (bicyclic) bond motifs is 1. The summed E-state index contributed by atoms with van der Waals surface area (Å²) >= 11 is 0. The second kappa shape index (κ2) is 7.70. The van der Waals surface area contributed by atoms with E-state index in [-0.39, 0.29) is 18.6 Å². The zero-order valence-electron chi connectivity index (χ0n) is 16.2. The van der Waals surface area contributed by atoms with E-state index in [4.69, 9.17) is 14.3 Å². The Balaban J connectivity index is 1.78. The Morgan fingerprint density at radius 3 is 2.63 bits per heavy atom. The third kappa shape index (κ3) is 3.99. The molecule has 1 amide bonds. The molecular formula is C20H26N2O5. The maximum atomic E-state index is 13.1. The van der Waals surface area contributed by atoms with E-state index in [1.165, 1.54) is 0 Å². The molecule has 1 aromatic heterocycles. The SMILES string of the molecule is Cc1ccc(C)c2c(C)c(C(=O)N3CCOC(CN(C)CC(=O)O)C3)oc12. The molecule has 1 aromatic carbocycles. The molecule has 7 nitrogen and oxygen atoms in total. The molecule has 1 N–H and O–H groups in total. The van der Waals surface area contributed by atoms with Gasteiger partial charge in [-0.3, -0.25) is 14.5 Å². The highest BCUT2D eigenvalue weighted by Gasteiger charge is 2.30. The lowest BCUT2D eigenvalue weighted by atomic mass is 10.0.